The zero-order valence-electron chi connectivity index (χ0n) is 12.4. The highest BCUT2D eigenvalue weighted by Crippen LogP contribution is 2.23. The van der Waals surface area contributed by atoms with E-state index >= 15 is 0 Å². The monoisotopic (exact) mass is 302 g/mol. The molecule has 0 aromatic heterocycles. The van der Waals surface area contributed by atoms with Gasteiger partial charge in [-0.25, -0.2) is 4.79 Å². The van der Waals surface area contributed by atoms with Crippen molar-refractivity contribution < 1.29 is 4.79 Å². The summed E-state index contributed by atoms with van der Waals surface area (Å²) in [5.74, 6) is 0. The Morgan fingerprint density at radius 1 is 1.05 bits per heavy atom. The van der Waals surface area contributed by atoms with Gasteiger partial charge in [0.05, 0.1) is 5.54 Å². The third-order valence-electron chi connectivity index (χ3n) is 3.43. The van der Waals surface area contributed by atoms with Crippen LogP contribution in [-0.2, 0) is 5.54 Å². The first-order valence-corrected chi connectivity index (χ1v) is 7.15. The number of halogens is 1. The smallest absolute Gasteiger partial charge is 0.322 e. The molecule has 0 aliphatic rings. The fourth-order valence-electron chi connectivity index (χ4n) is 2.06. The van der Waals surface area contributed by atoms with Crippen LogP contribution in [0.2, 0.25) is 5.02 Å². The zero-order valence-corrected chi connectivity index (χ0v) is 13.2. The Hall–Kier alpha value is -2.00. The molecule has 110 valence electrons. The maximum atomic E-state index is 12.4. The number of rotatable bonds is 3. The standard InChI is InChI=1S/C17H19ClN2O/c1-17(2,13-9-11-14(18)12-10-13)19-16(21)20(3)15-7-5-4-6-8-15/h4-12H,1-3H3,(H,19,21). The number of hydrogen-bond acceptors (Lipinski definition) is 1. The lowest BCUT2D eigenvalue weighted by Crippen LogP contribution is -2.47. The van der Waals surface area contributed by atoms with Crippen molar-refractivity contribution in [1.82, 2.24) is 5.32 Å². The number of para-hydroxylation sites is 1. The average molecular weight is 303 g/mol. The first kappa shape index (κ1) is 15.4. The largest absolute Gasteiger partial charge is 0.329 e. The van der Waals surface area contributed by atoms with Gasteiger partial charge in [0.2, 0.25) is 0 Å². The second-order valence-corrected chi connectivity index (χ2v) is 5.89. The zero-order chi connectivity index (χ0) is 15.5. The Bertz CT molecular complexity index is 608. The number of nitrogens with zero attached hydrogens (tertiary/aromatic N) is 1. The summed E-state index contributed by atoms with van der Waals surface area (Å²) < 4.78 is 0. The molecule has 0 spiro atoms. The Balaban J connectivity index is 2.12. The molecule has 0 saturated carbocycles. The molecule has 0 aliphatic carbocycles. The summed E-state index contributed by atoms with van der Waals surface area (Å²) in [5, 5.41) is 3.72. The van der Waals surface area contributed by atoms with Crippen LogP contribution in [-0.4, -0.2) is 13.1 Å². The Labute approximate surface area is 130 Å². The van der Waals surface area contributed by atoms with E-state index in [0.29, 0.717) is 5.02 Å². The van der Waals surface area contributed by atoms with Crippen LogP contribution in [0.3, 0.4) is 0 Å². The Kier molecular flexibility index (Phi) is 4.53. The van der Waals surface area contributed by atoms with Gasteiger partial charge < -0.3 is 5.32 Å². The lowest BCUT2D eigenvalue weighted by molar-refractivity contribution is 0.237. The van der Waals surface area contributed by atoms with E-state index in [4.69, 9.17) is 11.6 Å². The van der Waals surface area contributed by atoms with Crippen molar-refractivity contribution in [2.24, 2.45) is 0 Å². The summed E-state index contributed by atoms with van der Waals surface area (Å²) in [6.07, 6.45) is 0. The summed E-state index contributed by atoms with van der Waals surface area (Å²) in [6.45, 7) is 3.93. The van der Waals surface area contributed by atoms with Crippen LogP contribution in [0.25, 0.3) is 0 Å². The highest BCUT2D eigenvalue weighted by molar-refractivity contribution is 6.30. The number of anilines is 1. The van der Waals surface area contributed by atoms with E-state index in [1.54, 1.807) is 11.9 Å². The highest BCUT2D eigenvalue weighted by atomic mass is 35.5. The van der Waals surface area contributed by atoms with Gasteiger partial charge >= 0.3 is 6.03 Å². The fourth-order valence-corrected chi connectivity index (χ4v) is 2.18. The van der Waals surface area contributed by atoms with Crippen molar-refractivity contribution >= 4 is 23.3 Å². The van der Waals surface area contributed by atoms with Crippen LogP contribution in [0.15, 0.2) is 54.6 Å². The van der Waals surface area contributed by atoms with Crippen molar-refractivity contribution in [3.05, 3.63) is 65.2 Å². The van der Waals surface area contributed by atoms with Gasteiger partial charge in [-0.15, -0.1) is 0 Å². The molecule has 0 heterocycles. The van der Waals surface area contributed by atoms with Gasteiger partial charge in [-0.05, 0) is 43.7 Å². The molecule has 0 fully saturated rings. The maximum absolute atomic E-state index is 12.4. The number of nitrogens with one attached hydrogen (secondary N) is 1. The van der Waals surface area contributed by atoms with Gasteiger partial charge in [-0.1, -0.05) is 41.9 Å². The van der Waals surface area contributed by atoms with Crippen LogP contribution in [0.4, 0.5) is 10.5 Å². The van der Waals surface area contributed by atoms with Crippen LogP contribution in [0.5, 0.6) is 0 Å². The number of urea groups is 1. The molecule has 4 heteroatoms. The van der Waals surface area contributed by atoms with E-state index in [2.05, 4.69) is 5.32 Å². The molecular formula is C17H19ClN2O. The first-order chi connectivity index (χ1) is 9.90. The number of hydrogen-bond donors (Lipinski definition) is 1. The quantitative estimate of drug-likeness (QED) is 0.894. The summed E-state index contributed by atoms with van der Waals surface area (Å²) in [5.41, 5.74) is 1.37. The van der Waals surface area contributed by atoms with Crippen LogP contribution in [0, 0.1) is 0 Å². The molecule has 0 saturated heterocycles. The van der Waals surface area contributed by atoms with Crippen molar-refractivity contribution in [2.75, 3.05) is 11.9 Å². The van der Waals surface area contributed by atoms with Gasteiger partial charge in [-0.3, -0.25) is 4.90 Å². The maximum Gasteiger partial charge on any atom is 0.322 e. The van der Waals surface area contributed by atoms with E-state index in [1.807, 2.05) is 68.4 Å². The van der Waals surface area contributed by atoms with E-state index in [9.17, 15) is 4.79 Å². The molecule has 1 N–H and O–H groups in total. The molecule has 2 amide bonds. The molecule has 0 atom stereocenters. The van der Waals surface area contributed by atoms with Crippen LogP contribution < -0.4 is 10.2 Å². The minimum absolute atomic E-state index is 0.152. The third-order valence-corrected chi connectivity index (χ3v) is 3.69. The molecule has 3 nitrogen and oxygen atoms in total. The lowest BCUT2D eigenvalue weighted by Gasteiger charge is -2.30. The molecule has 2 aromatic carbocycles. The molecule has 0 radical (unpaired) electrons. The number of carbonyl (C=O) groups excluding carboxylic acids is 1. The molecule has 2 rings (SSSR count). The van der Waals surface area contributed by atoms with Crippen molar-refractivity contribution in [1.29, 1.82) is 0 Å². The molecule has 0 aliphatic heterocycles. The second kappa shape index (κ2) is 6.19. The summed E-state index contributed by atoms with van der Waals surface area (Å²) in [4.78, 5) is 14.0. The van der Waals surface area contributed by atoms with E-state index in [0.717, 1.165) is 11.3 Å². The molecular weight excluding hydrogens is 284 g/mol. The molecule has 0 bridgehead atoms. The summed E-state index contributed by atoms with van der Waals surface area (Å²) in [6, 6.07) is 16.9. The lowest BCUT2D eigenvalue weighted by atomic mass is 9.94. The Morgan fingerprint density at radius 2 is 1.62 bits per heavy atom. The predicted molar refractivity (Wildman–Crippen MR) is 87.9 cm³/mol. The molecule has 21 heavy (non-hydrogen) atoms. The third kappa shape index (κ3) is 3.76. The fraction of sp³-hybridized carbons (Fsp3) is 0.235. The second-order valence-electron chi connectivity index (χ2n) is 5.46. The summed E-state index contributed by atoms with van der Waals surface area (Å²) >= 11 is 5.90. The van der Waals surface area contributed by atoms with Crippen molar-refractivity contribution in [3.8, 4) is 0 Å². The Morgan fingerprint density at radius 3 is 2.19 bits per heavy atom. The summed E-state index contributed by atoms with van der Waals surface area (Å²) in [7, 11) is 1.75. The van der Waals surface area contributed by atoms with Gasteiger partial charge in [0.15, 0.2) is 0 Å². The highest BCUT2D eigenvalue weighted by Gasteiger charge is 2.24. The minimum Gasteiger partial charge on any atom is -0.329 e. The van der Waals surface area contributed by atoms with E-state index in [1.165, 1.54) is 0 Å². The number of carbonyl (C=O) groups is 1. The molecule has 0 unspecified atom stereocenters. The van der Waals surface area contributed by atoms with Gasteiger partial charge in [0, 0.05) is 17.8 Å². The van der Waals surface area contributed by atoms with E-state index < -0.39 is 5.54 Å². The van der Waals surface area contributed by atoms with Gasteiger partial charge in [-0.2, -0.15) is 0 Å². The first-order valence-electron chi connectivity index (χ1n) is 6.77. The SMILES string of the molecule is CN(C(=O)NC(C)(C)c1ccc(Cl)cc1)c1ccccc1. The topological polar surface area (TPSA) is 32.3 Å². The van der Waals surface area contributed by atoms with E-state index in [-0.39, 0.29) is 6.03 Å². The normalized spacial score (nSPS) is 11.0. The van der Waals surface area contributed by atoms with Gasteiger partial charge in [0.1, 0.15) is 0 Å². The average Bonchev–Trinajstić information content (AvgIpc) is 2.47. The minimum atomic E-state index is -0.481. The number of amides is 2. The van der Waals surface area contributed by atoms with Crippen molar-refractivity contribution in [2.45, 2.75) is 19.4 Å². The van der Waals surface area contributed by atoms with Crippen LogP contribution >= 0.6 is 11.6 Å². The van der Waals surface area contributed by atoms with Crippen molar-refractivity contribution in [3.63, 3.8) is 0 Å². The van der Waals surface area contributed by atoms with Gasteiger partial charge in [0.25, 0.3) is 0 Å². The predicted octanol–water partition coefficient (Wildman–Crippen LogP) is 4.42. The van der Waals surface area contributed by atoms with Crippen LogP contribution in [0.1, 0.15) is 19.4 Å². The number of benzene rings is 2. The molecule has 2 aromatic rings.